The molecule has 10 bridgehead atoms. The number of phenols is 2. The molecule has 2 N–H and O–H groups in total. The molecular weight excluding hydrogens is 1070 g/mol. The molecule has 4 aliphatic heterocycles. The molecule has 84 heavy (non-hydrogen) atoms. The Labute approximate surface area is 486 Å². The lowest BCUT2D eigenvalue weighted by Crippen LogP contribution is -2.57. The summed E-state index contributed by atoms with van der Waals surface area (Å²) in [5, 5.41) is 24.9. The number of carbonyl (C=O) groups excluding carboxylic acids is 2. The van der Waals surface area contributed by atoms with Crippen LogP contribution in [-0.2, 0) is 73.2 Å². The van der Waals surface area contributed by atoms with Crippen LogP contribution in [0.3, 0.4) is 0 Å². The SMILES string of the molecule is O=C1C=CC(=Nc2cc3c(O)c(c2)Cc2cccc4c2OCCOCCO[C@H]2CO[C@H](c5ccccc5)OC2C2O[C@@H](c5ccccc5)OC[C@@H]2OCCOCCOc2c(cccc2Cc2cc(N=C5C=CC(=O)C=C5)cc(c2O)C4)C3)C=C1. The van der Waals surface area contributed by atoms with Crippen molar-refractivity contribution >= 4 is 34.4 Å². The largest absolute Gasteiger partial charge is 0.507 e. The molecule has 0 spiro atoms. The second kappa shape index (κ2) is 26.6. The van der Waals surface area contributed by atoms with Gasteiger partial charge in [0.1, 0.15) is 60.6 Å². The number of fused-ring (bicyclic) bond motifs is 12. The van der Waals surface area contributed by atoms with Crippen LogP contribution in [-0.4, -0.2) is 124 Å². The van der Waals surface area contributed by atoms with Gasteiger partial charge in [0.15, 0.2) is 24.1 Å². The van der Waals surface area contributed by atoms with Crippen molar-refractivity contribution in [2.45, 2.75) is 62.7 Å². The molecule has 430 valence electrons. The summed E-state index contributed by atoms with van der Waals surface area (Å²) >= 11 is 0. The van der Waals surface area contributed by atoms with Crippen molar-refractivity contribution in [1.29, 1.82) is 0 Å². The van der Waals surface area contributed by atoms with E-state index in [-0.39, 0.29) is 115 Å². The predicted molar refractivity (Wildman–Crippen MR) is 313 cm³/mol. The highest BCUT2D eigenvalue weighted by molar-refractivity contribution is 6.17. The smallest absolute Gasteiger partial charge is 0.184 e. The van der Waals surface area contributed by atoms with Crippen LogP contribution in [0.4, 0.5) is 11.4 Å². The minimum Gasteiger partial charge on any atom is -0.507 e. The standard InChI is InChI=1S/C68H64N2O14/c71-57-21-17-53(18-22-57)69-55-37-49-33-45-13-7-14-46-34-50-38-56(70-54-19-23-58(72)24-20-54)40-52(62(50)74)36-48-16-8-15-47(35-51(39-55)61(49)73)64(48)80-32-28-76-26-30-78-60-42-82-68(44-11-5-2-6-12-44)84-66(60)65-59(77-29-25-75-27-31-79-63(45)46)41-81-67(83-65)43-9-3-1-4-10-43/h1-24,37-40,59-60,65-68,73-74H,25-36,41-42H2/t59-,60-,65?,66?,67-,68-/m0/s1. The first kappa shape index (κ1) is 56.3. The summed E-state index contributed by atoms with van der Waals surface area (Å²) in [4.78, 5) is 34.1. The third-order valence-corrected chi connectivity index (χ3v) is 15.2. The number of benzene rings is 6. The number of hydrogen-bond donors (Lipinski definition) is 2. The van der Waals surface area contributed by atoms with E-state index in [4.69, 9.17) is 57.4 Å². The van der Waals surface area contributed by atoms with Crippen LogP contribution in [0.2, 0.25) is 0 Å². The van der Waals surface area contributed by atoms with Gasteiger partial charge in [0.25, 0.3) is 0 Å². The normalized spacial score (nSPS) is 23.2. The highest BCUT2D eigenvalue weighted by Gasteiger charge is 2.47. The van der Waals surface area contributed by atoms with Gasteiger partial charge in [-0.05, 0) is 95.1 Å². The lowest BCUT2D eigenvalue weighted by atomic mass is 9.91. The minimum absolute atomic E-state index is 0.0880. The van der Waals surface area contributed by atoms with Crippen LogP contribution in [0.5, 0.6) is 23.0 Å². The number of ketones is 2. The summed E-state index contributed by atoms with van der Waals surface area (Å²) in [5.74, 6) is 1.04. The van der Waals surface area contributed by atoms with Gasteiger partial charge in [-0.25, -0.2) is 9.98 Å². The Kier molecular flexibility index (Phi) is 17.8. The quantitative estimate of drug-likeness (QED) is 0.125. The van der Waals surface area contributed by atoms with Crippen LogP contribution in [0.15, 0.2) is 180 Å². The van der Waals surface area contributed by atoms with E-state index in [9.17, 15) is 19.8 Å². The van der Waals surface area contributed by atoms with E-state index in [0.29, 0.717) is 56.6 Å². The first-order valence-electron chi connectivity index (χ1n) is 28.4. The van der Waals surface area contributed by atoms with Crippen molar-refractivity contribution in [3.8, 4) is 23.0 Å². The van der Waals surface area contributed by atoms with Gasteiger partial charge < -0.3 is 57.6 Å². The molecule has 16 heteroatoms. The maximum atomic E-state index is 12.4. The molecule has 7 aliphatic rings. The number of aliphatic imine (C=N–C) groups is 2. The second-order valence-electron chi connectivity index (χ2n) is 21.0. The van der Waals surface area contributed by atoms with Crippen LogP contribution in [0.25, 0.3) is 0 Å². The Hall–Kier alpha value is -8.16. The molecule has 6 aromatic rings. The number of aromatic hydroxyl groups is 2. The summed E-state index contributed by atoms with van der Waals surface area (Å²) in [7, 11) is 0. The number of allylic oxidation sites excluding steroid dienone is 8. The fourth-order valence-electron chi connectivity index (χ4n) is 11.2. The summed E-state index contributed by atoms with van der Waals surface area (Å²) < 4.78 is 65.6. The highest BCUT2D eigenvalue weighted by Crippen LogP contribution is 2.42. The average Bonchev–Trinajstić information content (AvgIpc) is 3.22. The van der Waals surface area contributed by atoms with Crippen LogP contribution in [0, 0.1) is 0 Å². The van der Waals surface area contributed by atoms with Crippen molar-refractivity contribution in [1.82, 2.24) is 0 Å². The molecule has 6 aromatic carbocycles. The monoisotopic (exact) mass is 1130 g/mol. The molecule has 16 nitrogen and oxygen atoms in total. The Morgan fingerprint density at radius 1 is 0.381 bits per heavy atom. The topological polar surface area (TPSA) is 192 Å². The molecule has 3 aliphatic carbocycles. The second-order valence-corrected chi connectivity index (χ2v) is 21.0. The predicted octanol–water partition coefficient (Wildman–Crippen LogP) is 10.1. The van der Waals surface area contributed by atoms with Gasteiger partial charge in [-0.2, -0.15) is 0 Å². The summed E-state index contributed by atoms with van der Waals surface area (Å²) in [6, 6.07) is 38.7. The number of hydrogen-bond acceptors (Lipinski definition) is 16. The van der Waals surface area contributed by atoms with Gasteiger partial charge >= 0.3 is 0 Å². The fraction of sp³-hybridized carbons (Fsp3) is 0.294. The van der Waals surface area contributed by atoms with E-state index in [2.05, 4.69) is 0 Å². The molecule has 2 saturated heterocycles. The maximum absolute atomic E-state index is 12.4. The van der Waals surface area contributed by atoms with Crippen LogP contribution in [0.1, 0.15) is 68.2 Å². The van der Waals surface area contributed by atoms with Crippen molar-refractivity contribution in [3.05, 3.63) is 226 Å². The molecule has 0 aromatic heterocycles. The maximum Gasteiger partial charge on any atom is 0.184 e. The summed E-state index contributed by atoms with van der Waals surface area (Å²) in [6.07, 6.45) is 9.66. The van der Waals surface area contributed by atoms with Crippen molar-refractivity contribution in [2.24, 2.45) is 9.98 Å². The van der Waals surface area contributed by atoms with E-state index < -0.39 is 37.0 Å². The molecule has 0 radical (unpaired) electrons. The van der Waals surface area contributed by atoms with Gasteiger partial charge in [0.05, 0.1) is 75.7 Å². The molecular formula is C68H64N2O14. The molecule has 2 unspecified atom stereocenters. The van der Waals surface area contributed by atoms with Crippen molar-refractivity contribution in [2.75, 3.05) is 66.1 Å². The molecule has 4 heterocycles. The van der Waals surface area contributed by atoms with Crippen LogP contribution >= 0.6 is 0 Å². The van der Waals surface area contributed by atoms with Gasteiger partial charge in [0.2, 0.25) is 0 Å². The Morgan fingerprint density at radius 3 is 1.11 bits per heavy atom. The van der Waals surface area contributed by atoms with Gasteiger partial charge in [-0.1, -0.05) is 97.1 Å². The van der Waals surface area contributed by atoms with E-state index in [1.54, 1.807) is 24.3 Å². The average molecular weight is 1130 g/mol. The minimum atomic E-state index is -0.691. The van der Waals surface area contributed by atoms with Gasteiger partial charge in [-0.15, -0.1) is 0 Å². The summed E-state index contributed by atoms with van der Waals surface area (Å²) in [6.45, 7) is 1.88. The highest BCUT2D eigenvalue weighted by atomic mass is 16.7. The third kappa shape index (κ3) is 13.6. The Morgan fingerprint density at radius 2 is 0.738 bits per heavy atom. The number of phenolic OH excluding ortho intramolecular Hbond substituents is 2. The third-order valence-electron chi connectivity index (χ3n) is 15.2. The fourth-order valence-corrected chi connectivity index (χ4v) is 11.2. The van der Waals surface area contributed by atoms with Crippen LogP contribution < -0.4 is 9.47 Å². The lowest BCUT2D eigenvalue weighted by Gasteiger charge is -2.45. The first-order valence-corrected chi connectivity index (χ1v) is 28.4. The lowest BCUT2D eigenvalue weighted by molar-refractivity contribution is -0.340. The molecule has 0 saturated carbocycles. The Balaban J connectivity index is 0.911. The van der Waals surface area contributed by atoms with Gasteiger partial charge in [0, 0.05) is 59.1 Å². The first-order chi connectivity index (χ1) is 41.2. The number of rotatable bonds is 4. The van der Waals surface area contributed by atoms with E-state index in [1.807, 2.05) is 121 Å². The van der Waals surface area contributed by atoms with E-state index in [1.165, 1.54) is 24.3 Å². The zero-order valence-corrected chi connectivity index (χ0v) is 46.2. The summed E-state index contributed by atoms with van der Waals surface area (Å²) in [5.41, 5.74) is 9.46. The van der Waals surface area contributed by atoms with E-state index in [0.717, 1.165) is 33.4 Å². The van der Waals surface area contributed by atoms with Crippen molar-refractivity contribution < 1.29 is 67.2 Å². The van der Waals surface area contributed by atoms with Gasteiger partial charge in [-0.3, -0.25) is 9.59 Å². The Bertz CT molecular complexity index is 3200. The zero-order chi connectivity index (χ0) is 57.2. The molecule has 6 atom stereocenters. The zero-order valence-electron chi connectivity index (χ0n) is 46.2. The van der Waals surface area contributed by atoms with Crippen molar-refractivity contribution in [3.63, 3.8) is 0 Å². The number of nitrogens with zero attached hydrogens (tertiary/aromatic N) is 2. The molecule has 0 amide bonds. The molecule has 2 fully saturated rings. The van der Waals surface area contributed by atoms with E-state index >= 15 is 0 Å². The number of para-hydroxylation sites is 2. The number of ether oxygens (including phenoxy) is 10. The molecule has 13 rings (SSSR count). The number of carbonyl (C=O) groups is 2.